The van der Waals surface area contributed by atoms with Crippen molar-refractivity contribution in [2.24, 2.45) is 0 Å². The number of nitrogens with zero attached hydrogens (tertiary/aromatic N) is 3. The summed E-state index contributed by atoms with van der Waals surface area (Å²) in [5.74, 6) is 0. The minimum atomic E-state index is 0.979. The molecule has 0 aliphatic heterocycles. The molecule has 0 saturated carbocycles. The second kappa shape index (κ2) is 5.89. The second-order valence-corrected chi connectivity index (χ2v) is 5.35. The summed E-state index contributed by atoms with van der Waals surface area (Å²) in [6.45, 7) is 0. The maximum absolute atomic E-state index is 4.36. The predicted octanol–water partition coefficient (Wildman–Crippen LogP) is 3.65. The van der Waals surface area contributed by atoms with Gasteiger partial charge in [-0.3, -0.25) is 0 Å². The van der Waals surface area contributed by atoms with Crippen LogP contribution in [0.25, 0.3) is 10.3 Å². The molecule has 19 heavy (non-hydrogen) atoms. The molecule has 0 aliphatic rings. The molecule has 2 heterocycles. The maximum Gasteiger partial charge on any atom is 0.146 e. The SMILES string of the molecule is c1ccc(CCCCc2ncnc3scnc23)cc1. The highest BCUT2D eigenvalue weighted by Crippen LogP contribution is 2.18. The standard InChI is InChI=1S/C15H15N3S/c1-2-6-12(7-3-1)8-4-5-9-13-14-15(17-10-16-13)19-11-18-14/h1-3,6-7,10-11H,4-5,8-9H2. The van der Waals surface area contributed by atoms with Crippen LogP contribution in [0.5, 0.6) is 0 Å². The first-order valence-electron chi connectivity index (χ1n) is 6.50. The Bertz CT molecular complexity index is 649. The summed E-state index contributed by atoms with van der Waals surface area (Å²) in [5.41, 5.74) is 5.31. The number of aromatic nitrogens is 3. The number of fused-ring (bicyclic) bond motifs is 1. The number of hydrogen-bond acceptors (Lipinski definition) is 4. The van der Waals surface area contributed by atoms with Crippen molar-refractivity contribution >= 4 is 21.7 Å². The van der Waals surface area contributed by atoms with Gasteiger partial charge in [0.2, 0.25) is 0 Å². The molecule has 0 N–H and O–H groups in total. The molecule has 96 valence electrons. The van der Waals surface area contributed by atoms with Crippen molar-refractivity contribution in [3.63, 3.8) is 0 Å². The summed E-state index contributed by atoms with van der Waals surface area (Å²) in [6.07, 6.45) is 6.08. The highest BCUT2D eigenvalue weighted by atomic mass is 32.1. The Balaban J connectivity index is 1.57. The van der Waals surface area contributed by atoms with Crippen LogP contribution in [-0.4, -0.2) is 15.0 Å². The van der Waals surface area contributed by atoms with Gasteiger partial charge in [-0.05, 0) is 31.2 Å². The zero-order valence-electron chi connectivity index (χ0n) is 10.6. The lowest BCUT2D eigenvalue weighted by molar-refractivity contribution is 0.724. The minimum Gasteiger partial charge on any atom is -0.241 e. The van der Waals surface area contributed by atoms with E-state index in [9.17, 15) is 0 Å². The highest BCUT2D eigenvalue weighted by molar-refractivity contribution is 7.16. The fraction of sp³-hybridized carbons (Fsp3) is 0.267. The molecule has 0 unspecified atom stereocenters. The molecule has 1 aromatic carbocycles. The quantitative estimate of drug-likeness (QED) is 0.664. The van der Waals surface area contributed by atoms with E-state index >= 15 is 0 Å². The van der Waals surface area contributed by atoms with Crippen molar-refractivity contribution in [2.75, 3.05) is 0 Å². The molecule has 0 fully saturated rings. The molecule has 0 bridgehead atoms. The topological polar surface area (TPSA) is 38.7 Å². The van der Waals surface area contributed by atoms with Gasteiger partial charge in [-0.15, -0.1) is 11.3 Å². The number of hydrogen-bond donors (Lipinski definition) is 0. The highest BCUT2D eigenvalue weighted by Gasteiger charge is 2.05. The zero-order valence-corrected chi connectivity index (χ0v) is 11.4. The normalized spacial score (nSPS) is 10.9. The summed E-state index contributed by atoms with van der Waals surface area (Å²) in [6, 6.07) is 10.6. The third kappa shape index (κ3) is 2.96. The molecule has 3 nitrogen and oxygen atoms in total. The van der Waals surface area contributed by atoms with Gasteiger partial charge in [0.15, 0.2) is 0 Å². The van der Waals surface area contributed by atoms with Crippen LogP contribution in [0.3, 0.4) is 0 Å². The number of thiazole rings is 1. The van der Waals surface area contributed by atoms with E-state index in [-0.39, 0.29) is 0 Å². The van der Waals surface area contributed by atoms with Crippen molar-refractivity contribution < 1.29 is 0 Å². The average Bonchev–Trinajstić information content (AvgIpc) is 2.94. The Kier molecular flexibility index (Phi) is 3.79. The molecule has 0 saturated heterocycles. The third-order valence-corrected chi connectivity index (χ3v) is 3.92. The number of aryl methyl sites for hydroxylation is 2. The summed E-state index contributed by atoms with van der Waals surface area (Å²) in [7, 11) is 0. The molecule has 0 radical (unpaired) electrons. The van der Waals surface area contributed by atoms with Crippen LogP contribution in [0, 0.1) is 0 Å². The molecule has 4 heteroatoms. The van der Waals surface area contributed by atoms with E-state index < -0.39 is 0 Å². The largest absolute Gasteiger partial charge is 0.241 e. The molecule has 2 aromatic heterocycles. The summed E-state index contributed by atoms with van der Waals surface area (Å²) in [5, 5.41) is 0. The number of benzene rings is 1. The van der Waals surface area contributed by atoms with Crippen molar-refractivity contribution in [1.82, 2.24) is 15.0 Å². The summed E-state index contributed by atoms with van der Waals surface area (Å²) >= 11 is 1.58. The molecule has 0 amide bonds. The Morgan fingerprint density at radius 1 is 0.895 bits per heavy atom. The van der Waals surface area contributed by atoms with Crippen molar-refractivity contribution in [1.29, 1.82) is 0 Å². The smallest absolute Gasteiger partial charge is 0.146 e. The Morgan fingerprint density at radius 2 is 1.74 bits per heavy atom. The Labute approximate surface area is 116 Å². The Morgan fingerprint density at radius 3 is 2.63 bits per heavy atom. The fourth-order valence-electron chi connectivity index (χ4n) is 2.19. The van der Waals surface area contributed by atoms with E-state index in [2.05, 4.69) is 45.3 Å². The first kappa shape index (κ1) is 12.2. The minimum absolute atomic E-state index is 0.979. The number of rotatable bonds is 5. The Hall–Kier alpha value is -1.81. The lowest BCUT2D eigenvalue weighted by Gasteiger charge is -2.02. The van der Waals surface area contributed by atoms with Crippen LogP contribution in [0.1, 0.15) is 24.1 Å². The van der Waals surface area contributed by atoms with E-state index in [1.807, 2.05) is 5.51 Å². The number of unbranched alkanes of at least 4 members (excludes halogenated alkanes) is 1. The third-order valence-electron chi connectivity index (χ3n) is 3.18. The molecule has 0 spiro atoms. The van der Waals surface area contributed by atoms with Crippen LogP contribution in [-0.2, 0) is 12.8 Å². The van der Waals surface area contributed by atoms with Crippen LogP contribution in [0.2, 0.25) is 0 Å². The van der Waals surface area contributed by atoms with E-state index in [4.69, 9.17) is 0 Å². The maximum atomic E-state index is 4.36. The van der Waals surface area contributed by atoms with Gasteiger partial charge in [0.25, 0.3) is 0 Å². The van der Waals surface area contributed by atoms with Crippen LogP contribution >= 0.6 is 11.3 Å². The van der Waals surface area contributed by atoms with E-state index in [0.29, 0.717) is 0 Å². The van der Waals surface area contributed by atoms with Crippen molar-refractivity contribution in [3.8, 4) is 0 Å². The van der Waals surface area contributed by atoms with Crippen LogP contribution in [0.15, 0.2) is 42.2 Å². The summed E-state index contributed by atoms with van der Waals surface area (Å²) < 4.78 is 0. The molecular formula is C15H15N3S. The zero-order chi connectivity index (χ0) is 12.9. The summed E-state index contributed by atoms with van der Waals surface area (Å²) in [4.78, 5) is 13.9. The molecule has 3 aromatic rings. The lowest BCUT2D eigenvalue weighted by atomic mass is 10.1. The van der Waals surface area contributed by atoms with Gasteiger partial charge in [0, 0.05) is 0 Å². The van der Waals surface area contributed by atoms with Gasteiger partial charge in [0.1, 0.15) is 16.7 Å². The molecule has 0 aliphatic carbocycles. The van der Waals surface area contributed by atoms with Gasteiger partial charge in [-0.1, -0.05) is 30.3 Å². The first-order chi connectivity index (χ1) is 9.43. The molecule has 3 rings (SSSR count). The van der Waals surface area contributed by atoms with Crippen LogP contribution < -0.4 is 0 Å². The van der Waals surface area contributed by atoms with Gasteiger partial charge in [-0.2, -0.15) is 0 Å². The van der Waals surface area contributed by atoms with E-state index in [0.717, 1.165) is 35.3 Å². The average molecular weight is 269 g/mol. The fourth-order valence-corrected chi connectivity index (χ4v) is 2.84. The first-order valence-corrected chi connectivity index (χ1v) is 7.38. The van der Waals surface area contributed by atoms with E-state index in [1.165, 1.54) is 12.0 Å². The molecule has 0 atom stereocenters. The van der Waals surface area contributed by atoms with E-state index in [1.54, 1.807) is 17.7 Å². The monoisotopic (exact) mass is 269 g/mol. The predicted molar refractivity (Wildman–Crippen MR) is 78.3 cm³/mol. The molecular weight excluding hydrogens is 254 g/mol. The van der Waals surface area contributed by atoms with Gasteiger partial charge in [-0.25, -0.2) is 15.0 Å². The van der Waals surface area contributed by atoms with Crippen molar-refractivity contribution in [3.05, 3.63) is 53.4 Å². The van der Waals surface area contributed by atoms with Gasteiger partial charge in [0.05, 0.1) is 11.2 Å². The lowest BCUT2D eigenvalue weighted by Crippen LogP contribution is -1.94. The van der Waals surface area contributed by atoms with Crippen LogP contribution in [0.4, 0.5) is 0 Å². The second-order valence-electron chi connectivity index (χ2n) is 4.52. The van der Waals surface area contributed by atoms with Gasteiger partial charge >= 0.3 is 0 Å². The van der Waals surface area contributed by atoms with Crippen molar-refractivity contribution in [2.45, 2.75) is 25.7 Å². The van der Waals surface area contributed by atoms with Gasteiger partial charge < -0.3 is 0 Å².